The number of nitrogens with one attached hydrogen (secondary N) is 1. The summed E-state index contributed by atoms with van der Waals surface area (Å²) in [6.45, 7) is 7.25. The zero-order chi connectivity index (χ0) is 11.1. The van der Waals surface area contributed by atoms with Crippen LogP contribution in [-0.2, 0) is 9.47 Å². The minimum absolute atomic E-state index is 0.322. The van der Waals surface area contributed by atoms with Gasteiger partial charge in [0.25, 0.3) is 0 Å². The van der Waals surface area contributed by atoms with E-state index in [2.05, 4.69) is 19.2 Å². The summed E-state index contributed by atoms with van der Waals surface area (Å²) in [6.07, 6.45) is 3.73. The van der Waals surface area contributed by atoms with Gasteiger partial charge in [-0.1, -0.05) is 13.8 Å². The van der Waals surface area contributed by atoms with Gasteiger partial charge in [0.1, 0.15) is 0 Å². The molecule has 1 heterocycles. The third-order valence-corrected chi connectivity index (χ3v) is 3.21. The van der Waals surface area contributed by atoms with Gasteiger partial charge in [0.2, 0.25) is 0 Å². The van der Waals surface area contributed by atoms with Crippen molar-refractivity contribution in [3.05, 3.63) is 0 Å². The molecule has 0 spiro atoms. The van der Waals surface area contributed by atoms with Gasteiger partial charge in [-0.3, -0.25) is 0 Å². The van der Waals surface area contributed by atoms with Gasteiger partial charge in [0.05, 0.1) is 12.7 Å². The predicted octanol–water partition coefficient (Wildman–Crippen LogP) is 1.82. The first kappa shape index (κ1) is 12.9. The maximum atomic E-state index is 5.55. The summed E-state index contributed by atoms with van der Waals surface area (Å²) in [6, 6.07) is 0.461. The Bertz CT molecular complexity index is 152. The topological polar surface area (TPSA) is 30.5 Å². The van der Waals surface area contributed by atoms with Crippen molar-refractivity contribution in [2.24, 2.45) is 5.92 Å². The average Bonchev–Trinajstić information content (AvgIpc) is 2.77. The van der Waals surface area contributed by atoms with Crippen molar-refractivity contribution in [2.45, 2.75) is 45.3 Å². The first-order valence-electron chi connectivity index (χ1n) is 6.17. The Morgan fingerprint density at radius 1 is 1.47 bits per heavy atom. The number of methoxy groups -OCH3 is 1. The monoisotopic (exact) mass is 215 g/mol. The van der Waals surface area contributed by atoms with Crippen molar-refractivity contribution in [2.75, 3.05) is 26.9 Å². The van der Waals surface area contributed by atoms with Crippen LogP contribution in [0.4, 0.5) is 0 Å². The molecule has 15 heavy (non-hydrogen) atoms. The molecule has 0 amide bonds. The van der Waals surface area contributed by atoms with Crippen LogP contribution in [-0.4, -0.2) is 39.0 Å². The van der Waals surface area contributed by atoms with Crippen molar-refractivity contribution in [1.29, 1.82) is 0 Å². The van der Waals surface area contributed by atoms with Gasteiger partial charge in [-0.2, -0.15) is 0 Å². The summed E-state index contributed by atoms with van der Waals surface area (Å²) in [5.74, 6) is 0.626. The van der Waals surface area contributed by atoms with E-state index in [1.54, 1.807) is 0 Å². The van der Waals surface area contributed by atoms with Gasteiger partial charge in [-0.05, 0) is 25.8 Å². The molecule has 1 saturated heterocycles. The lowest BCUT2D eigenvalue weighted by atomic mass is 9.92. The average molecular weight is 215 g/mol. The van der Waals surface area contributed by atoms with Crippen LogP contribution in [0.25, 0.3) is 0 Å². The quantitative estimate of drug-likeness (QED) is 0.702. The minimum atomic E-state index is 0.322. The fourth-order valence-electron chi connectivity index (χ4n) is 2.32. The molecule has 0 aliphatic carbocycles. The van der Waals surface area contributed by atoms with E-state index in [1.807, 2.05) is 7.11 Å². The Morgan fingerprint density at radius 3 is 2.73 bits per heavy atom. The van der Waals surface area contributed by atoms with Gasteiger partial charge >= 0.3 is 0 Å². The Kier molecular flexibility index (Phi) is 6.22. The smallest absolute Gasteiger partial charge is 0.0725 e. The molecular formula is C12H25NO2. The molecule has 3 atom stereocenters. The molecule has 3 heteroatoms. The van der Waals surface area contributed by atoms with E-state index in [-0.39, 0.29) is 0 Å². The summed E-state index contributed by atoms with van der Waals surface area (Å²) >= 11 is 0. The highest BCUT2D eigenvalue weighted by atomic mass is 16.5. The summed E-state index contributed by atoms with van der Waals surface area (Å²) < 4.78 is 11.0. The summed E-state index contributed by atoms with van der Waals surface area (Å²) in [5.41, 5.74) is 0. The summed E-state index contributed by atoms with van der Waals surface area (Å²) in [4.78, 5) is 0. The normalized spacial score (nSPS) is 25.4. The standard InChI is InChI=1S/C12H25NO2/c1-4-7-13-12(11(5-2)14-3)10-6-8-15-9-10/h10-13H,4-9H2,1-3H3. The van der Waals surface area contributed by atoms with E-state index in [0.717, 1.165) is 26.2 Å². The van der Waals surface area contributed by atoms with Gasteiger partial charge in [-0.15, -0.1) is 0 Å². The molecule has 0 aromatic rings. The molecular weight excluding hydrogens is 190 g/mol. The second kappa shape index (κ2) is 7.20. The van der Waals surface area contributed by atoms with E-state index in [9.17, 15) is 0 Å². The molecule has 0 radical (unpaired) electrons. The van der Waals surface area contributed by atoms with Crippen LogP contribution in [0.5, 0.6) is 0 Å². The van der Waals surface area contributed by atoms with E-state index in [0.29, 0.717) is 18.1 Å². The molecule has 1 aliphatic heterocycles. The Hall–Kier alpha value is -0.120. The zero-order valence-corrected chi connectivity index (χ0v) is 10.3. The molecule has 0 aromatic carbocycles. The largest absolute Gasteiger partial charge is 0.381 e. The van der Waals surface area contributed by atoms with Crippen LogP contribution in [0.3, 0.4) is 0 Å². The third kappa shape index (κ3) is 3.74. The highest BCUT2D eigenvalue weighted by molar-refractivity contribution is 4.85. The Morgan fingerprint density at radius 2 is 2.27 bits per heavy atom. The van der Waals surface area contributed by atoms with Crippen LogP contribution >= 0.6 is 0 Å². The summed E-state index contributed by atoms with van der Waals surface area (Å²) in [5, 5.41) is 3.61. The van der Waals surface area contributed by atoms with Crippen molar-refractivity contribution < 1.29 is 9.47 Å². The molecule has 0 bridgehead atoms. The van der Waals surface area contributed by atoms with Crippen LogP contribution < -0.4 is 5.32 Å². The minimum Gasteiger partial charge on any atom is -0.381 e. The number of ether oxygens (including phenoxy) is 2. The maximum absolute atomic E-state index is 5.55. The highest BCUT2D eigenvalue weighted by Gasteiger charge is 2.30. The second-order valence-electron chi connectivity index (χ2n) is 4.29. The Labute approximate surface area is 93.5 Å². The van der Waals surface area contributed by atoms with Crippen molar-refractivity contribution in [1.82, 2.24) is 5.32 Å². The number of hydrogen-bond donors (Lipinski definition) is 1. The van der Waals surface area contributed by atoms with Gasteiger partial charge in [0.15, 0.2) is 0 Å². The van der Waals surface area contributed by atoms with Gasteiger partial charge in [0, 0.05) is 25.7 Å². The molecule has 1 aliphatic rings. The second-order valence-corrected chi connectivity index (χ2v) is 4.29. The fraction of sp³-hybridized carbons (Fsp3) is 1.00. The molecule has 3 unspecified atom stereocenters. The van der Waals surface area contributed by atoms with Gasteiger partial charge < -0.3 is 14.8 Å². The zero-order valence-electron chi connectivity index (χ0n) is 10.3. The molecule has 1 rings (SSSR count). The van der Waals surface area contributed by atoms with Crippen LogP contribution in [0.1, 0.15) is 33.1 Å². The highest BCUT2D eigenvalue weighted by Crippen LogP contribution is 2.21. The van der Waals surface area contributed by atoms with Crippen molar-refractivity contribution in [3.8, 4) is 0 Å². The molecule has 1 fully saturated rings. The SMILES string of the molecule is CCCNC(C1CCOC1)C(CC)OC. The lowest BCUT2D eigenvalue weighted by Crippen LogP contribution is -2.46. The third-order valence-electron chi connectivity index (χ3n) is 3.21. The molecule has 3 nitrogen and oxygen atoms in total. The molecule has 0 aromatic heterocycles. The van der Waals surface area contributed by atoms with Gasteiger partial charge in [-0.25, -0.2) is 0 Å². The van der Waals surface area contributed by atoms with Crippen LogP contribution in [0, 0.1) is 5.92 Å². The van der Waals surface area contributed by atoms with Crippen molar-refractivity contribution in [3.63, 3.8) is 0 Å². The first-order valence-corrected chi connectivity index (χ1v) is 6.17. The molecule has 0 saturated carbocycles. The lowest BCUT2D eigenvalue weighted by Gasteiger charge is -2.30. The molecule has 1 N–H and O–H groups in total. The fourth-order valence-corrected chi connectivity index (χ4v) is 2.32. The number of hydrogen-bond acceptors (Lipinski definition) is 3. The molecule has 90 valence electrons. The number of rotatable bonds is 7. The van der Waals surface area contributed by atoms with Crippen molar-refractivity contribution >= 4 is 0 Å². The maximum Gasteiger partial charge on any atom is 0.0725 e. The summed E-state index contributed by atoms with van der Waals surface area (Å²) in [7, 11) is 1.81. The van der Waals surface area contributed by atoms with E-state index >= 15 is 0 Å². The van der Waals surface area contributed by atoms with Crippen LogP contribution in [0.15, 0.2) is 0 Å². The lowest BCUT2D eigenvalue weighted by molar-refractivity contribution is 0.0412. The van der Waals surface area contributed by atoms with E-state index < -0.39 is 0 Å². The predicted molar refractivity (Wildman–Crippen MR) is 62.1 cm³/mol. The van der Waals surface area contributed by atoms with E-state index in [1.165, 1.54) is 12.8 Å². The Balaban J connectivity index is 2.49. The van der Waals surface area contributed by atoms with E-state index in [4.69, 9.17) is 9.47 Å². The van der Waals surface area contributed by atoms with Crippen LogP contribution in [0.2, 0.25) is 0 Å². The first-order chi connectivity index (χ1) is 7.33.